The van der Waals surface area contributed by atoms with Gasteiger partial charge in [-0.3, -0.25) is 9.78 Å². The highest BCUT2D eigenvalue weighted by Gasteiger charge is 2.12. The van der Waals surface area contributed by atoms with Crippen LogP contribution in [0.4, 0.5) is 0 Å². The summed E-state index contributed by atoms with van der Waals surface area (Å²) in [6, 6.07) is 19.6. The number of nitrogens with zero attached hydrogens (tertiary/aromatic N) is 1. The monoisotopic (exact) mass is 368 g/mol. The number of hydrogen-bond acceptors (Lipinski definition) is 3. The van der Waals surface area contributed by atoms with Crippen molar-refractivity contribution in [3.8, 4) is 0 Å². The zero-order valence-electron chi connectivity index (χ0n) is 16.3. The summed E-state index contributed by atoms with van der Waals surface area (Å²) in [6.07, 6.45) is 2.55. The van der Waals surface area contributed by atoms with E-state index < -0.39 is 0 Å². The average molecular weight is 368 g/mol. The number of nitrogens with one attached hydrogen (secondary N) is 1. The van der Waals surface area contributed by atoms with Gasteiger partial charge in [-0.15, -0.1) is 0 Å². The molecule has 0 aliphatic heterocycles. The number of pyridine rings is 1. The van der Waals surface area contributed by atoms with E-state index in [2.05, 4.69) is 23.5 Å². The number of carbonyl (C=O) groups excluding carboxylic acids is 1. The second-order valence-electron chi connectivity index (χ2n) is 6.83. The van der Waals surface area contributed by atoms with Crippen LogP contribution in [0.25, 0.3) is 11.3 Å². The zero-order chi connectivity index (χ0) is 20.1. The van der Waals surface area contributed by atoms with Gasteiger partial charge in [0.15, 0.2) is 5.78 Å². The summed E-state index contributed by atoms with van der Waals surface area (Å²) >= 11 is 0. The SMILES string of the molecule is C=C(C(=O)c1ccc(Cc2ccnc(C(=C)NC)c2)cc1)c1ccc(C)cc1. The van der Waals surface area contributed by atoms with Gasteiger partial charge >= 0.3 is 0 Å². The Balaban J connectivity index is 1.73. The number of hydrogen-bond donors (Lipinski definition) is 1. The van der Waals surface area contributed by atoms with Gasteiger partial charge in [-0.1, -0.05) is 67.3 Å². The molecule has 1 aromatic heterocycles. The van der Waals surface area contributed by atoms with Crippen molar-refractivity contribution in [2.75, 3.05) is 7.05 Å². The molecule has 3 rings (SSSR count). The van der Waals surface area contributed by atoms with Gasteiger partial charge in [-0.25, -0.2) is 0 Å². The minimum absolute atomic E-state index is 0.0491. The van der Waals surface area contributed by atoms with Gasteiger partial charge in [-0.2, -0.15) is 0 Å². The Bertz CT molecular complexity index is 1020. The van der Waals surface area contributed by atoms with Crippen LogP contribution >= 0.6 is 0 Å². The normalized spacial score (nSPS) is 10.4. The second-order valence-corrected chi connectivity index (χ2v) is 6.83. The van der Waals surface area contributed by atoms with Crippen molar-refractivity contribution in [1.82, 2.24) is 10.3 Å². The van der Waals surface area contributed by atoms with Crippen molar-refractivity contribution in [1.29, 1.82) is 0 Å². The first kappa shape index (κ1) is 19.3. The molecule has 28 heavy (non-hydrogen) atoms. The van der Waals surface area contributed by atoms with Crippen LogP contribution in [-0.4, -0.2) is 17.8 Å². The standard InChI is InChI=1S/C25H24N2O/c1-17-5-9-22(10-6-17)18(2)25(28)23-11-7-20(8-12-23)15-21-13-14-27-24(16-21)19(3)26-4/h5-14,16,26H,2-3,15H2,1,4H3. The van der Waals surface area contributed by atoms with Gasteiger partial charge in [0, 0.05) is 24.4 Å². The van der Waals surface area contributed by atoms with Crippen molar-refractivity contribution >= 4 is 17.1 Å². The van der Waals surface area contributed by atoms with Crippen LogP contribution in [0.5, 0.6) is 0 Å². The van der Waals surface area contributed by atoms with Crippen LogP contribution < -0.4 is 5.32 Å². The molecule has 0 aliphatic rings. The van der Waals surface area contributed by atoms with E-state index in [9.17, 15) is 4.79 Å². The molecule has 140 valence electrons. The third kappa shape index (κ3) is 4.44. The predicted molar refractivity (Wildman–Crippen MR) is 116 cm³/mol. The second kappa shape index (κ2) is 8.49. The Morgan fingerprint density at radius 3 is 2.21 bits per heavy atom. The first-order valence-electron chi connectivity index (χ1n) is 9.19. The summed E-state index contributed by atoms with van der Waals surface area (Å²) in [4.78, 5) is 17.1. The summed E-state index contributed by atoms with van der Waals surface area (Å²) in [5.74, 6) is -0.0491. The molecule has 0 unspecified atom stereocenters. The molecule has 0 aliphatic carbocycles. The van der Waals surface area contributed by atoms with Crippen molar-refractivity contribution in [3.05, 3.63) is 114 Å². The number of Topliss-reactive ketones (excluding diaryl/α,β-unsaturated/α-hetero) is 1. The quantitative estimate of drug-likeness (QED) is 0.468. The largest absolute Gasteiger partial charge is 0.387 e. The third-order valence-corrected chi connectivity index (χ3v) is 4.73. The van der Waals surface area contributed by atoms with E-state index in [0.29, 0.717) is 11.1 Å². The molecule has 0 bridgehead atoms. The van der Waals surface area contributed by atoms with Crippen molar-refractivity contribution in [3.63, 3.8) is 0 Å². The maximum absolute atomic E-state index is 12.7. The molecule has 1 N–H and O–H groups in total. The highest BCUT2D eigenvalue weighted by molar-refractivity contribution is 6.28. The third-order valence-electron chi connectivity index (χ3n) is 4.73. The fourth-order valence-corrected chi connectivity index (χ4v) is 2.95. The molecule has 3 heteroatoms. The van der Waals surface area contributed by atoms with E-state index in [1.54, 1.807) is 6.20 Å². The lowest BCUT2D eigenvalue weighted by Crippen LogP contribution is -2.05. The van der Waals surface area contributed by atoms with Gasteiger partial charge in [-0.05, 0) is 42.2 Å². The molecule has 0 saturated carbocycles. The first-order chi connectivity index (χ1) is 13.5. The molecule has 0 spiro atoms. The maximum atomic E-state index is 12.7. The highest BCUT2D eigenvalue weighted by Crippen LogP contribution is 2.20. The fourth-order valence-electron chi connectivity index (χ4n) is 2.95. The number of benzene rings is 2. The first-order valence-corrected chi connectivity index (χ1v) is 9.19. The van der Waals surface area contributed by atoms with Gasteiger partial charge in [0.25, 0.3) is 0 Å². The number of ketones is 1. The van der Waals surface area contributed by atoms with Crippen LogP contribution in [0.15, 0.2) is 80.0 Å². The highest BCUT2D eigenvalue weighted by atomic mass is 16.1. The summed E-state index contributed by atoms with van der Waals surface area (Å²) in [5.41, 5.74) is 7.07. The molecule has 0 amide bonds. The Morgan fingerprint density at radius 2 is 1.57 bits per heavy atom. The molecule has 2 aromatic carbocycles. The van der Waals surface area contributed by atoms with E-state index >= 15 is 0 Å². The Labute approximate surface area is 166 Å². The lowest BCUT2D eigenvalue weighted by molar-refractivity contribution is 0.105. The fraction of sp³-hybridized carbons (Fsp3) is 0.120. The number of aryl methyl sites for hydroxylation is 1. The van der Waals surface area contributed by atoms with Gasteiger partial charge < -0.3 is 5.32 Å². The molecule has 0 saturated heterocycles. The smallest absolute Gasteiger partial charge is 0.193 e. The van der Waals surface area contributed by atoms with E-state index in [1.165, 1.54) is 0 Å². The molecule has 0 fully saturated rings. The number of allylic oxidation sites excluding steroid dienone is 1. The molecular formula is C25H24N2O. The summed E-state index contributed by atoms with van der Waals surface area (Å²) in [7, 11) is 1.83. The van der Waals surface area contributed by atoms with E-state index in [4.69, 9.17) is 0 Å². The van der Waals surface area contributed by atoms with Crippen LogP contribution in [0.1, 0.15) is 38.3 Å². The predicted octanol–water partition coefficient (Wildman–Crippen LogP) is 5.07. The molecule has 1 heterocycles. The van der Waals surface area contributed by atoms with E-state index in [0.717, 1.165) is 40.1 Å². The number of rotatable bonds is 7. The topological polar surface area (TPSA) is 42.0 Å². The molecule has 3 nitrogen and oxygen atoms in total. The average Bonchev–Trinajstić information content (AvgIpc) is 2.73. The summed E-state index contributed by atoms with van der Waals surface area (Å²) < 4.78 is 0. The lowest BCUT2D eigenvalue weighted by atomic mass is 9.96. The Kier molecular flexibility index (Phi) is 5.85. The molecule has 0 radical (unpaired) electrons. The lowest BCUT2D eigenvalue weighted by Gasteiger charge is -2.09. The van der Waals surface area contributed by atoms with Gasteiger partial charge in [0.05, 0.1) is 11.4 Å². The summed E-state index contributed by atoms with van der Waals surface area (Å²) in [6.45, 7) is 9.96. The molecule has 0 atom stereocenters. The van der Waals surface area contributed by atoms with Gasteiger partial charge in [0.2, 0.25) is 0 Å². The zero-order valence-corrected chi connectivity index (χ0v) is 16.3. The van der Waals surface area contributed by atoms with E-state index in [1.807, 2.05) is 74.6 Å². The van der Waals surface area contributed by atoms with Crippen molar-refractivity contribution in [2.45, 2.75) is 13.3 Å². The Morgan fingerprint density at radius 1 is 0.929 bits per heavy atom. The van der Waals surface area contributed by atoms with Crippen molar-refractivity contribution in [2.24, 2.45) is 0 Å². The number of carbonyl (C=O) groups is 1. The van der Waals surface area contributed by atoms with Crippen molar-refractivity contribution < 1.29 is 4.79 Å². The minimum atomic E-state index is -0.0491. The van der Waals surface area contributed by atoms with Gasteiger partial charge in [0.1, 0.15) is 0 Å². The van der Waals surface area contributed by atoms with E-state index in [-0.39, 0.29) is 5.78 Å². The molecule has 3 aromatic rings. The minimum Gasteiger partial charge on any atom is -0.387 e. The van der Waals surface area contributed by atoms with Crippen LogP contribution in [0.3, 0.4) is 0 Å². The maximum Gasteiger partial charge on any atom is 0.193 e. The van der Waals surface area contributed by atoms with Crippen LogP contribution in [-0.2, 0) is 6.42 Å². The van der Waals surface area contributed by atoms with Crippen LogP contribution in [0, 0.1) is 6.92 Å². The van der Waals surface area contributed by atoms with Crippen LogP contribution in [0.2, 0.25) is 0 Å². The number of aromatic nitrogens is 1. The molecular weight excluding hydrogens is 344 g/mol. The summed E-state index contributed by atoms with van der Waals surface area (Å²) in [5, 5.41) is 3.02. The Hall–Kier alpha value is -3.46.